The van der Waals surface area contributed by atoms with Crippen LogP contribution in [0.15, 0.2) is 30.3 Å². The summed E-state index contributed by atoms with van der Waals surface area (Å²) in [7, 11) is 0. The van der Waals surface area contributed by atoms with Crippen molar-refractivity contribution in [3.63, 3.8) is 0 Å². The average Bonchev–Trinajstić information content (AvgIpc) is 3.29. The molecule has 0 unspecified atom stereocenters. The predicted molar refractivity (Wildman–Crippen MR) is 260 cm³/mol. The largest absolute Gasteiger partial charge is 0.481 e. The Morgan fingerprint density at radius 2 is 1.04 bits per heavy atom. The van der Waals surface area contributed by atoms with Crippen molar-refractivity contribution in [2.75, 3.05) is 6.54 Å². The summed E-state index contributed by atoms with van der Waals surface area (Å²) in [6.45, 7) is 10.1. The molecule has 0 aliphatic rings. The molecular weight excluding hydrogens is 945 g/mol. The van der Waals surface area contributed by atoms with Crippen molar-refractivity contribution in [3.8, 4) is 0 Å². The maximum absolute atomic E-state index is 14.4. The van der Waals surface area contributed by atoms with Crippen LogP contribution in [0.1, 0.15) is 105 Å². The minimum atomic E-state index is -1.75. The lowest BCUT2D eigenvalue weighted by molar-refractivity contribution is -0.143. The molecule has 0 spiro atoms. The monoisotopic (exact) mass is 1020 g/mol. The maximum Gasteiger partial charge on any atom is 0.326 e. The number of aliphatic carboxylic acids is 3. The third-order valence-corrected chi connectivity index (χ3v) is 11.3. The summed E-state index contributed by atoms with van der Waals surface area (Å²) in [6, 6.07) is -3.33. The number of guanidine groups is 1. The normalized spacial score (nSPS) is 14.8. The van der Waals surface area contributed by atoms with E-state index in [1.165, 1.54) is 0 Å². The molecule has 0 bridgehead atoms. The van der Waals surface area contributed by atoms with E-state index < -0.39 is 152 Å². The van der Waals surface area contributed by atoms with Crippen LogP contribution in [0, 0.1) is 23.2 Å². The van der Waals surface area contributed by atoms with Crippen molar-refractivity contribution >= 4 is 71.1 Å². The zero-order valence-corrected chi connectivity index (χ0v) is 41.6. The SMILES string of the molecule is CC[C@H](C)[C@H](N)C(=O)N[C@@H](CCC(=O)O)C(=O)N[C@@H](CC(N)=O)C(=O)N[C@H](C(=O)N[C@@H](Cc1ccccc1)C(=O)N[C@@H](CCCNC(=N)N)C(=O)N[C@@H](CC(C)C)C(=O)N[C@@H](CCC(=O)O)C(=O)O)C(C)C. The molecule has 0 aliphatic carbocycles. The van der Waals surface area contributed by atoms with Gasteiger partial charge in [-0.2, -0.15) is 0 Å². The summed E-state index contributed by atoms with van der Waals surface area (Å²) >= 11 is 0. The molecule has 0 radical (unpaired) electrons. The molecule has 0 aliphatic heterocycles. The zero-order chi connectivity index (χ0) is 54.8. The molecular formula is C46H74N12O14. The van der Waals surface area contributed by atoms with Crippen LogP contribution in [0.4, 0.5) is 0 Å². The van der Waals surface area contributed by atoms with Gasteiger partial charge >= 0.3 is 17.9 Å². The number of carbonyl (C=O) groups is 11. The number of hydrogen-bond acceptors (Lipinski definition) is 13. The Labute approximate surface area is 417 Å². The summed E-state index contributed by atoms with van der Waals surface area (Å²) in [5.74, 6) is -13.4. The van der Waals surface area contributed by atoms with Crippen LogP contribution in [0.25, 0.3) is 0 Å². The van der Waals surface area contributed by atoms with Gasteiger partial charge in [-0.25, -0.2) is 4.79 Å². The summed E-state index contributed by atoms with van der Waals surface area (Å²) in [4.78, 5) is 143. The molecule has 18 N–H and O–H groups in total. The van der Waals surface area contributed by atoms with Gasteiger partial charge in [-0.1, -0.05) is 78.3 Å². The first-order valence-electron chi connectivity index (χ1n) is 23.6. The van der Waals surface area contributed by atoms with Gasteiger partial charge in [0, 0.05) is 25.8 Å². The molecule has 26 heteroatoms. The van der Waals surface area contributed by atoms with Gasteiger partial charge in [-0.3, -0.25) is 53.4 Å². The molecule has 9 atom stereocenters. The molecule has 8 amide bonds. The van der Waals surface area contributed by atoms with Gasteiger partial charge in [0.1, 0.15) is 42.3 Å². The standard InChI is InChI=1S/C46H74N12O14/c1-7-25(6)36(48)43(69)53-28(15-17-34(60)61)39(65)56-32(22-33(47)59)42(68)58-37(24(4)5)44(70)57-31(21-26-12-9-8-10-13-26)41(67)52-27(14-11-19-51-46(49)50)38(64)55-30(20-23(2)3)40(66)54-29(45(71)72)16-18-35(62)63/h8-10,12-13,23-25,27-32,36-37H,7,11,14-22,48H2,1-6H3,(H2,47,59)(H,52,67)(H,53,69)(H,54,66)(H,55,64)(H,56,65)(H,57,70)(H,58,68)(H,60,61)(H,62,63)(H,71,72)(H4,49,50,51)/t25-,27-,28-,29-,30-,31-,32-,36-,37-/m0/s1. The second kappa shape index (κ2) is 31.8. The molecule has 72 heavy (non-hydrogen) atoms. The van der Waals surface area contributed by atoms with E-state index >= 15 is 0 Å². The van der Waals surface area contributed by atoms with Gasteiger partial charge in [-0.15, -0.1) is 0 Å². The Hall–Kier alpha value is -7.38. The molecule has 0 saturated carbocycles. The van der Waals surface area contributed by atoms with Crippen LogP contribution < -0.4 is 59.7 Å². The van der Waals surface area contributed by atoms with Crippen molar-refractivity contribution in [2.24, 2.45) is 35.0 Å². The van der Waals surface area contributed by atoms with Crippen LogP contribution in [-0.4, -0.2) is 141 Å². The highest BCUT2D eigenvalue weighted by molar-refractivity contribution is 5.99. The predicted octanol–water partition coefficient (Wildman–Crippen LogP) is -2.35. The van der Waals surface area contributed by atoms with E-state index in [9.17, 15) is 63.0 Å². The first-order chi connectivity index (χ1) is 33.7. The van der Waals surface area contributed by atoms with Crippen LogP contribution in [0.3, 0.4) is 0 Å². The van der Waals surface area contributed by atoms with Crippen molar-refractivity contribution in [2.45, 2.75) is 154 Å². The summed E-state index contributed by atoms with van der Waals surface area (Å²) in [5.41, 5.74) is 17.4. The molecule has 0 heterocycles. The highest BCUT2D eigenvalue weighted by Crippen LogP contribution is 2.13. The van der Waals surface area contributed by atoms with Gasteiger partial charge in [0.25, 0.3) is 0 Å². The van der Waals surface area contributed by atoms with E-state index in [0.29, 0.717) is 12.0 Å². The van der Waals surface area contributed by atoms with E-state index in [2.05, 4.69) is 42.5 Å². The number of hydrogen-bond donors (Lipinski definition) is 15. The quantitative estimate of drug-likeness (QED) is 0.0195. The molecule has 1 rings (SSSR count). The molecule has 0 aromatic heterocycles. The summed E-state index contributed by atoms with van der Waals surface area (Å²) < 4.78 is 0. The van der Waals surface area contributed by atoms with Crippen LogP contribution >= 0.6 is 0 Å². The third-order valence-electron chi connectivity index (χ3n) is 11.3. The number of amides is 8. The number of carboxylic acid groups (broad SMARTS) is 3. The molecule has 1 aromatic rings. The number of rotatable bonds is 34. The van der Waals surface area contributed by atoms with Crippen LogP contribution in [0.5, 0.6) is 0 Å². The van der Waals surface area contributed by atoms with E-state index in [4.69, 9.17) is 27.7 Å². The van der Waals surface area contributed by atoms with E-state index in [-0.39, 0.29) is 50.0 Å². The fraction of sp³-hybridized carbons (Fsp3) is 0.609. The minimum absolute atomic E-state index is 0.0106. The lowest BCUT2D eigenvalue weighted by Gasteiger charge is -2.29. The summed E-state index contributed by atoms with van der Waals surface area (Å²) in [6.07, 6.45) is -2.52. The van der Waals surface area contributed by atoms with Gasteiger partial charge in [0.2, 0.25) is 47.3 Å². The summed E-state index contributed by atoms with van der Waals surface area (Å²) in [5, 5.41) is 55.4. The Morgan fingerprint density at radius 3 is 1.54 bits per heavy atom. The lowest BCUT2D eigenvalue weighted by atomic mass is 9.98. The maximum atomic E-state index is 14.4. The van der Waals surface area contributed by atoms with Crippen LogP contribution in [0.2, 0.25) is 0 Å². The Balaban J connectivity index is 3.59. The Bertz CT molecular complexity index is 2060. The zero-order valence-electron chi connectivity index (χ0n) is 41.6. The second-order valence-corrected chi connectivity index (χ2v) is 18.2. The number of primary amides is 1. The van der Waals surface area contributed by atoms with Gasteiger partial charge in [0.05, 0.1) is 12.5 Å². The molecule has 402 valence electrons. The number of nitrogens with one attached hydrogen (secondary N) is 9. The van der Waals surface area contributed by atoms with E-state index in [1.807, 2.05) is 0 Å². The number of carboxylic acids is 3. The van der Waals surface area contributed by atoms with E-state index in [0.717, 1.165) is 0 Å². The molecule has 0 fully saturated rings. The highest BCUT2D eigenvalue weighted by Gasteiger charge is 2.36. The molecule has 26 nitrogen and oxygen atoms in total. The van der Waals surface area contributed by atoms with E-state index in [1.54, 1.807) is 71.9 Å². The smallest absolute Gasteiger partial charge is 0.326 e. The van der Waals surface area contributed by atoms with Gasteiger partial charge in [0.15, 0.2) is 5.96 Å². The van der Waals surface area contributed by atoms with Crippen LogP contribution in [-0.2, 0) is 59.2 Å². The third kappa shape index (κ3) is 24.0. The first kappa shape index (κ1) is 62.6. The van der Waals surface area contributed by atoms with Crippen molar-refractivity contribution in [3.05, 3.63) is 35.9 Å². The van der Waals surface area contributed by atoms with Crippen molar-refractivity contribution < 1.29 is 68.1 Å². The topological polar surface area (TPSA) is 447 Å². The highest BCUT2D eigenvalue weighted by atomic mass is 16.4. The fourth-order valence-electron chi connectivity index (χ4n) is 6.95. The van der Waals surface area contributed by atoms with Gasteiger partial charge in [-0.05, 0) is 55.4 Å². The number of benzene rings is 1. The van der Waals surface area contributed by atoms with Crippen molar-refractivity contribution in [1.29, 1.82) is 5.41 Å². The van der Waals surface area contributed by atoms with Crippen molar-refractivity contribution in [1.82, 2.24) is 42.5 Å². The lowest BCUT2D eigenvalue weighted by Crippen LogP contribution is -2.61. The van der Waals surface area contributed by atoms with Gasteiger partial charge < -0.3 is 75.1 Å². The Kier molecular flexibility index (Phi) is 27.6. The second-order valence-electron chi connectivity index (χ2n) is 18.2. The number of nitrogens with two attached hydrogens (primary N) is 3. The number of carbonyl (C=O) groups excluding carboxylic acids is 8. The first-order valence-corrected chi connectivity index (χ1v) is 23.6. The average molecular weight is 1020 g/mol. The fourth-order valence-corrected chi connectivity index (χ4v) is 6.95. The minimum Gasteiger partial charge on any atom is -0.481 e. The molecule has 0 saturated heterocycles. The Morgan fingerprint density at radius 1 is 0.583 bits per heavy atom. The molecule has 1 aromatic carbocycles.